The summed E-state index contributed by atoms with van der Waals surface area (Å²) in [5.74, 6) is 0. The molecule has 9 rings (SSSR count). The van der Waals surface area contributed by atoms with Crippen molar-refractivity contribution in [1.29, 1.82) is 0 Å². The van der Waals surface area contributed by atoms with E-state index < -0.39 is 0 Å². The Morgan fingerprint density at radius 2 is 0.556 bits per heavy atom. The Balaban J connectivity index is 1.11. The Hall–Kier alpha value is -7.30. The van der Waals surface area contributed by atoms with Gasteiger partial charge < -0.3 is 9.80 Å². The Morgan fingerprint density at radius 1 is 0.241 bits per heavy atom. The van der Waals surface area contributed by atoms with Gasteiger partial charge >= 0.3 is 0 Å². The lowest BCUT2D eigenvalue weighted by Crippen LogP contribution is -2.12. The lowest BCUT2D eigenvalue weighted by atomic mass is 10.0. The van der Waals surface area contributed by atoms with Crippen LogP contribution < -0.4 is 9.80 Å². The van der Waals surface area contributed by atoms with Gasteiger partial charge in [-0.1, -0.05) is 133 Å². The smallest absolute Gasteiger partial charge is 0.0973 e. The Kier molecular flexibility index (Phi) is 8.90. The molecule has 0 N–H and O–H groups in total. The average Bonchev–Trinajstić information content (AvgIpc) is 3.26. The van der Waals surface area contributed by atoms with Crippen LogP contribution in [0.2, 0.25) is 0 Å². The molecule has 0 saturated heterocycles. The van der Waals surface area contributed by atoms with Crippen molar-refractivity contribution in [2.24, 2.45) is 0 Å². The maximum Gasteiger partial charge on any atom is 0.0973 e. The summed E-state index contributed by atoms with van der Waals surface area (Å²) in [6.07, 6.45) is 0. The first-order valence-electron chi connectivity index (χ1n) is 18.2. The number of fused-ring (bicyclic) bond motifs is 1. The van der Waals surface area contributed by atoms with E-state index in [-0.39, 0.29) is 0 Å². The van der Waals surface area contributed by atoms with Crippen LogP contribution in [0.25, 0.3) is 44.7 Å². The largest absolute Gasteiger partial charge is 0.311 e. The van der Waals surface area contributed by atoms with Crippen molar-refractivity contribution in [1.82, 2.24) is 9.97 Å². The number of hydrogen-bond donors (Lipinski definition) is 0. The van der Waals surface area contributed by atoms with Crippen LogP contribution in [0, 0.1) is 0 Å². The maximum atomic E-state index is 5.29. The number of para-hydroxylation sites is 3. The summed E-state index contributed by atoms with van der Waals surface area (Å²) in [6, 6.07) is 76.1. The first-order chi connectivity index (χ1) is 26.8. The van der Waals surface area contributed by atoms with Gasteiger partial charge in [0.25, 0.3) is 0 Å². The molecule has 9 aromatic rings. The van der Waals surface area contributed by atoms with Crippen molar-refractivity contribution >= 4 is 45.2 Å². The molecule has 0 fully saturated rings. The van der Waals surface area contributed by atoms with Crippen LogP contribution in [-0.2, 0) is 0 Å². The van der Waals surface area contributed by atoms with Gasteiger partial charge in [-0.2, -0.15) is 0 Å². The van der Waals surface area contributed by atoms with Crippen molar-refractivity contribution in [3.63, 3.8) is 0 Å². The first-order valence-corrected chi connectivity index (χ1v) is 18.2. The fourth-order valence-corrected chi connectivity index (χ4v) is 7.01. The number of nitrogens with zero attached hydrogens (tertiary/aromatic N) is 4. The van der Waals surface area contributed by atoms with Gasteiger partial charge in [0.2, 0.25) is 0 Å². The standard InChI is InChI=1S/C50H36N4/c1-6-16-37(17-7-1)40-28-35-47-48(36-40)52-50(49(51-47)38-18-8-2-9-19-38)39-26-29-44(30-27-39)54(43-24-14-5-15-25-43)46-33-31-45(32-34-46)53(41-20-10-3-11-21-41)42-22-12-4-13-23-42/h1-36H. The zero-order chi connectivity index (χ0) is 36.1. The molecule has 0 aliphatic carbocycles. The highest BCUT2D eigenvalue weighted by Crippen LogP contribution is 2.40. The molecule has 0 amide bonds. The summed E-state index contributed by atoms with van der Waals surface area (Å²) in [5, 5.41) is 0. The van der Waals surface area contributed by atoms with Gasteiger partial charge in [0.05, 0.1) is 22.4 Å². The molecular weight excluding hydrogens is 657 g/mol. The van der Waals surface area contributed by atoms with E-state index in [0.717, 1.165) is 78.8 Å². The van der Waals surface area contributed by atoms with Crippen molar-refractivity contribution in [2.45, 2.75) is 0 Å². The SMILES string of the molecule is c1ccc(-c2ccc3nc(-c4ccccc4)c(-c4ccc(N(c5ccccc5)c5ccc(N(c6ccccc6)c6ccccc6)cc5)cc4)nc3c2)cc1. The Morgan fingerprint density at radius 3 is 1.00 bits per heavy atom. The van der Waals surface area contributed by atoms with Crippen molar-refractivity contribution in [3.8, 4) is 33.6 Å². The minimum absolute atomic E-state index is 0.850. The summed E-state index contributed by atoms with van der Waals surface area (Å²) in [7, 11) is 0. The molecule has 1 aromatic heterocycles. The molecule has 0 spiro atoms. The predicted molar refractivity (Wildman–Crippen MR) is 225 cm³/mol. The topological polar surface area (TPSA) is 32.3 Å². The van der Waals surface area contributed by atoms with E-state index in [1.165, 1.54) is 0 Å². The number of anilines is 6. The quantitative estimate of drug-likeness (QED) is 0.151. The zero-order valence-electron chi connectivity index (χ0n) is 29.6. The van der Waals surface area contributed by atoms with Gasteiger partial charge in [0, 0.05) is 45.3 Å². The van der Waals surface area contributed by atoms with Crippen molar-refractivity contribution < 1.29 is 0 Å². The molecule has 0 radical (unpaired) electrons. The molecule has 54 heavy (non-hydrogen) atoms. The summed E-state index contributed by atoms with van der Waals surface area (Å²) in [6.45, 7) is 0. The fraction of sp³-hybridized carbons (Fsp3) is 0. The minimum Gasteiger partial charge on any atom is -0.311 e. The highest BCUT2D eigenvalue weighted by atomic mass is 15.2. The van der Waals surface area contributed by atoms with Crippen LogP contribution in [0.1, 0.15) is 0 Å². The summed E-state index contributed by atoms with van der Waals surface area (Å²) >= 11 is 0. The van der Waals surface area contributed by atoms with E-state index in [9.17, 15) is 0 Å². The summed E-state index contributed by atoms with van der Waals surface area (Å²) in [5.41, 5.74) is 14.2. The van der Waals surface area contributed by atoms with Crippen LogP contribution in [0.5, 0.6) is 0 Å². The van der Waals surface area contributed by atoms with E-state index in [2.05, 4.69) is 216 Å². The predicted octanol–water partition coefficient (Wildman–Crippen LogP) is 13.6. The molecule has 0 bridgehead atoms. The number of rotatable bonds is 9. The number of hydrogen-bond acceptors (Lipinski definition) is 4. The second kappa shape index (κ2) is 14.7. The van der Waals surface area contributed by atoms with E-state index >= 15 is 0 Å². The molecule has 0 aliphatic heterocycles. The molecule has 0 unspecified atom stereocenters. The van der Waals surface area contributed by atoms with Gasteiger partial charge in [-0.05, 0) is 96.1 Å². The van der Waals surface area contributed by atoms with Crippen LogP contribution in [-0.4, -0.2) is 9.97 Å². The minimum atomic E-state index is 0.850. The maximum absolute atomic E-state index is 5.29. The first kappa shape index (κ1) is 32.6. The van der Waals surface area contributed by atoms with Gasteiger partial charge in [-0.3, -0.25) is 0 Å². The van der Waals surface area contributed by atoms with Crippen molar-refractivity contribution in [2.75, 3.05) is 9.80 Å². The summed E-state index contributed by atoms with van der Waals surface area (Å²) in [4.78, 5) is 15.1. The fourth-order valence-electron chi connectivity index (χ4n) is 7.01. The molecular formula is C50H36N4. The Bertz CT molecular complexity index is 2570. The van der Waals surface area contributed by atoms with E-state index in [1.54, 1.807) is 0 Å². The third-order valence-electron chi connectivity index (χ3n) is 9.63. The molecule has 4 nitrogen and oxygen atoms in total. The van der Waals surface area contributed by atoms with Gasteiger partial charge in [-0.25, -0.2) is 9.97 Å². The molecule has 4 heteroatoms. The van der Waals surface area contributed by atoms with E-state index in [4.69, 9.17) is 9.97 Å². The van der Waals surface area contributed by atoms with Crippen LogP contribution in [0.15, 0.2) is 218 Å². The van der Waals surface area contributed by atoms with Crippen molar-refractivity contribution in [3.05, 3.63) is 218 Å². The van der Waals surface area contributed by atoms with E-state index in [1.807, 2.05) is 12.1 Å². The monoisotopic (exact) mass is 692 g/mol. The second-order valence-corrected chi connectivity index (χ2v) is 13.1. The third kappa shape index (κ3) is 6.60. The van der Waals surface area contributed by atoms with Crippen LogP contribution >= 0.6 is 0 Å². The second-order valence-electron chi connectivity index (χ2n) is 13.1. The average molecular weight is 693 g/mol. The van der Waals surface area contributed by atoms with Gasteiger partial charge in [0.1, 0.15) is 0 Å². The molecule has 8 aromatic carbocycles. The molecule has 256 valence electrons. The molecule has 0 atom stereocenters. The lowest BCUT2D eigenvalue weighted by molar-refractivity contribution is 1.25. The van der Waals surface area contributed by atoms with Crippen LogP contribution in [0.3, 0.4) is 0 Å². The molecule has 0 aliphatic rings. The normalized spacial score (nSPS) is 11.0. The highest BCUT2D eigenvalue weighted by Gasteiger charge is 2.18. The Labute approximate surface area is 315 Å². The number of benzene rings is 8. The number of aromatic nitrogens is 2. The van der Waals surface area contributed by atoms with Gasteiger partial charge in [0.15, 0.2) is 0 Å². The van der Waals surface area contributed by atoms with E-state index in [0.29, 0.717) is 0 Å². The zero-order valence-corrected chi connectivity index (χ0v) is 29.6. The molecule has 0 saturated carbocycles. The van der Waals surface area contributed by atoms with Gasteiger partial charge in [-0.15, -0.1) is 0 Å². The summed E-state index contributed by atoms with van der Waals surface area (Å²) < 4.78 is 0. The van der Waals surface area contributed by atoms with Crippen LogP contribution in [0.4, 0.5) is 34.1 Å². The highest BCUT2D eigenvalue weighted by molar-refractivity contribution is 5.89. The molecule has 1 heterocycles. The lowest BCUT2D eigenvalue weighted by Gasteiger charge is -2.28. The third-order valence-corrected chi connectivity index (χ3v) is 9.63.